The molecule has 1 aromatic heterocycles. The molecule has 0 saturated heterocycles. The number of hydroxylamine groups is 1. The Hall–Kier alpha value is -2.62. The molecule has 2 aromatic rings. The fraction of sp³-hybridized carbons (Fsp3) is 0.520. The second-order valence-electron chi connectivity index (χ2n) is 11.0. The van der Waals surface area contributed by atoms with Crippen molar-refractivity contribution in [3.8, 4) is 0 Å². The highest BCUT2D eigenvalue weighted by Gasteiger charge is 2.24. The number of hydrogen-bond acceptors (Lipinski definition) is 7. The number of carbonyl (C=O) groups excluding carboxylic acids is 4. The van der Waals surface area contributed by atoms with Crippen LogP contribution in [0.4, 0.5) is 5.69 Å². The number of nitrogens with zero attached hydrogens (tertiary/aromatic N) is 1. The second kappa shape index (κ2) is 11.2. The van der Waals surface area contributed by atoms with Crippen LogP contribution in [0.15, 0.2) is 24.3 Å². The molecule has 3 N–H and O–H groups in total. The van der Waals surface area contributed by atoms with Gasteiger partial charge in [0.05, 0.1) is 24.5 Å². The minimum absolute atomic E-state index is 0.0152. The predicted octanol–water partition coefficient (Wildman–Crippen LogP) is 4.27. The van der Waals surface area contributed by atoms with Crippen LogP contribution in [0, 0.1) is 10.8 Å². The van der Waals surface area contributed by atoms with Crippen molar-refractivity contribution < 1.29 is 24.4 Å². The lowest BCUT2D eigenvalue weighted by Gasteiger charge is -2.25. The zero-order valence-electron chi connectivity index (χ0n) is 20.8. The molecule has 0 aliphatic carbocycles. The Morgan fingerprint density at radius 1 is 0.882 bits per heavy atom. The molecule has 186 valence electrons. The molecule has 1 heterocycles. The number of Topliss-reactive ketones (excluding diaryl/α,β-unsaturated/α-hetero) is 2. The smallest absolute Gasteiger partial charge is 0.284 e. The van der Waals surface area contributed by atoms with Crippen molar-refractivity contribution >= 4 is 50.5 Å². The Morgan fingerprint density at radius 3 is 1.94 bits per heavy atom. The van der Waals surface area contributed by atoms with Crippen molar-refractivity contribution in [2.45, 2.75) is 54.4 Å². The van der Waals surface area contributed by atoms with Crippen LogP contribution >= 0.6 is 11.3 Å². The first-order valence-corrected chi connectivity index (χ1v) is 12.0. The zero-order valence-corrected chi connectivity index (χ0v) is 21.6. The fourth-order valence-corrected chi connectivity index (χ4v) is 4.63. The van der Waals surface area contributed by atoms with E-state index in [9.17, 15) is 19.2 Å². The van der Waals surface area contributed by atoms with Crippen molar-refractivity contribution in [1.82, 2.24) is 10.4 Å². The van der Waals surface area contributed by atoms with Crippen molar-refractivity contribution in [2.75, 3.05) is 25.0 Å². The molecule has 0 fully saturated rings. The normalized spacial score (nSPS) is 12.1. The van der Waals surface area contributed by atoms with Crippen LogP contribution in [-0.4, -0.2) is 53.1 Å². The minimum atomic E-state index is -0.595. The Bertz CT molecular complexity index is 1030. The molecular weight excluding hydrogens is 454 g/mol. The molecular formula is C25H35N3O5S. The zero-order chi connectivity index (χ0) is 25.7. The van der Waals surface area contributed by atoms with E-state index >= 15 is 0 Å². The van der Waals surface area contributed by atoms with E-state index < -0.39 is 5.91 Å². The maximum Gasteiger partial charge on any atom is 0.284 e. The highest BCUT2D eigenvalue weighted by atomic mass is 32.1. The number of rotatable bonds is 10. The van der Waals surface area contributed by atoms with E-state index in [0.717, 1.165) is 10.1 Å². The highest BCUT2D eigenvalue weighted by molar-refractivity contribution is 7.20. The van der Waals surface area contributed by atoms with Crippen LogP contribution in [0.3, 0.4) is 0 Å². The number of anilines is 1. The van der Waals surface area contributed by atoms with Crippen LogP contribution in [0.5, 0.6) is 0 Å². The molecule has 0 bridgehead atoms. The molecule has 8 nitrogen and oxygen atoms in total. The number of nitrogens with one attached hydrogen (secondary N) is 2. The van der Waals surface area contributed by atoms with Crippen molar-refractivity contribution in [3.63, 3.8) is 0 Å². The molecule has 1 aromatic carbocycles. The van der Waals surface area contributed by atoms with E-state index in [1.54, 1.807) is 34.6 Å². The third-order valence-corrected chi connectivity index (χ3v) is 5.85. The molecule has 0 radical (unpaired) electrons. The molecule has 0 atom stereocenters. The van der Waals surface area contributed by atoms with Gasteiger partial charge in [-0.1, -0.05) is 47.6 Å². The maximum atomic E-state index is 12.8. The van der Waals surface area contributed by atoms with E-state index in [-0.39, 0.29) is 47.9 Å². The summed E-state index contributed by atoms with van der Waals surface area (Å²) < 4.78 is 0.772. The van der Waals surface area contributed by atoms with Gasteiger partial charge in [0.2, 0.25) is 5.91 Å². The van der Waals surface area contributed by atoms with Gasteiger partial charge in [-0.25, -0.2) is 5.48 Å². The van der Waals surface area contributed by atoms with Gasteiger partial charge in [0.15, 0.2) is 0 Å². The van der Waals surface area contributed by atoms with Gasteiger partial charge in [-0.15, -0.1) is 11.3 Å². The standard InChI is InChI=1S/C25H35N3O5S/c1-24(2,3)11-18(29)13-28(14-19(30)12-25(4,5)6)15-22(31)26-17-8-7-16-9-21(23(32)27-33)34-20(16)10-17/h7-10,33H,11-15H2,1-6H3,(H,26,31)(H,27,32). The third-order valence-electron chi connectivity index (χ3n) is 4.75. The average molecular weight is 490 g/mol. The highest BCUT2D eigenvalue weighted by Crippen LogP contribution is 2.28. The van der Waals surface area contributed by atoms with E-state index in [1.807, 2.05) is 41.5 Å². The van der Waals surface area contributed by atoms with Crippen LogP contribution in [0.1, 0.15) is 64.1 Å². The first-order valence-electron chi connectivity index (χ1n) is 11.2. The summed E-state index contributed by atoms with van der Waals surface area (Å²) in [4.78, 5) is 51.5. The number of thiophene rings is 1. The fourth-order valence-electron chi connectivity index (χ4n) is 3.64. The first-order chi connectivity index (χ1) is 15.6. The van der Waals surface area contributed by atoms with Gasteiger partial charge in [-0.2, -0.15) is 0 Å². The summed E-state index contributed by atoms with van der Waals surface area (Å²) in [5.74, 6) is -0.962. The lowest BCUT2D eigenvalue weighted by molar-refractivity contribution is -0.126. The van der Waals surface area contributed by atoms with Gasteiger partial charge >= 0.3 is 0 Å². The lowest BCUT2D eigenvalue weighted by atomic mass is 9.89. The summed E-state index contributed by atoms with van der Waals surface area (Å²) in [6.07, 6.45) is 0.717. The van der Waals surface area contributed by atoms with E-state index in [0.29, 0.717) is 23.4 Å². The van der Waals surface area contributed by atoms with Crippen LogP contribution in [0.25, 0.3) is 10.1 Å². The van der Waals surface area contributed by atoms with Crippen molar-refractivity contribution in [1.29, 1.82) is 0 Å². The van der Waals surface area contributed by atoms with Gasteiger partial charge in [0.25, 0.3) is 5.91 Å². The average Bonchev–Trinajstić information content (AvgIpc) is 3.07. The lowest BCUT2D eigenvalue weighted by Crippen LogP contribution is -2.41. The third kappa shape index (κ3) is 9.32. The number of carbonyl (C=O) groups is 4. The van der Waals surface area contributed by atoms with Gasteiger partial charge in [0.1, 0.15) is 11.6 Å². The SMILES string of the molecule is CC(C)(C)CC(=O)CN(CC(=O)CC(C)(C)C)CC(=O)Nc1ccc2cc(C(=O)NO)sc2c1. The van der Waals surface area contributed by atoms with Crippen molar-refractivity contribution in [3.05, 3.63) is 29.1 Å². The second-order valence-corrected chi connectivity index (χ2v) is 12.1. The van der Waals surface area contributed by atoms with E-state index in [4.69, 9.17) is 5.21 Å². The van der Waals surface area contributed by atoms with Crippen LogP contribution < -0.4 is 10.8 Å². The van der Waals surface area contributed by atoms with Crippen LogP contribution in [-0.2, 0) is 14.4 Å². The molecule has 2 amide bonds. The number of ketones is 2. The summed E-state index contributed by atoms with van der Waals surface area (Å²) in [5.41, 5.74) is 1.79. The van der Waals surface area contributed by atoms with Gasteiger partial charge in [-0.3, -0.25) is 29.3 Å². The quantitative estimate of drug-likeness (QED) is 0.339. The molecule has 34 heavy (non-hydrogen) atoms. The Morgan fingerprint density at radius 2 is 1.44 bits per heavy atom. The summed E-state index contributed by atoms with van der Waals surface area (Å²) in [6.45, 7) is 11.8. The number of amides is 2. The van der Waals surface area contributed by atoms with E-state index in [1.165, 1.54) is 11.3 Å². The van der Waals surface area contributed by atoms with Crippen molar-refractivity contribution in [2.24, 2.45) is 10.8 Å². The molecule has 0 spiro atoms. The molecule has 0 aliphatic heterocycles. The number of benzene rings is 1. The van der Waals surface area contributed by atoms with E-state index in [2.05, 4.69) is 5.32 Å². The summed E-state index contributed by atoms with van der Waals surface area (Å²) in [7, 11) is 0. The number of fused-ring (bicyclic) bond motifs is 1. The topological polar surface area (TPSA) is 116 Å². The summed E-state index contributed by atoms with van der Waals surface area (Å²) >= 11 is 1.19. The summed E-state index contributed by atoms with van der Waals surface area (Å²) in [5, 5.41) is 12.4. The predicted molar refractivity (Wildman–Crippen MR) is 134 cm³/mol. The first kappa shape index (κ1) is 27.6. The van der Waals surface area contributed by atoms with Gasteiger partial charge in [-0.05, 0) is 34.4 Å². The molecule has 2 rings (SSSR count). The monoisotopic (exact) mass is 489 g/mol. The Balaban J connectivity index is 2.10. The molecule has 9 heteroatoms. The van der Waals surface area contributed by atoms with Gasteiger partial charge < -0.3 is 5.32 Å². The maximum absolute atomic E-state index is 12.8. The van der Waals surface area contributed by atoms with Gasteiger partial charge in [0, 0.05) is 23.2 Å². The molecule has 0 unspecified atom stereocenters. The molecule has 0 saturated carbocycles. The number of hydrogen-bond donors (Lipinski definition) is 3. The minimum Gasteiger partial charge on any atom is -0.325 e. The Kier molecular flexibility index (Phi) is 9.10. The largest absolute Gasteiger partial charge is 0.325 e. The van der Waals surface area contributed by atoms with Crippen LogP contribution in [0.2, 0.25) is 0 Å². The summed E-state index contributed by atoms with van der Waals surface area (Å²) in [6, 6.07) is 6.88. The molecule has 0 aliphatic rings. The Labute approximate surface area is 204 Å².